The molecule has 23 heavy (non-hydrogen) atoms. The van der Waals surface area contributed by atoms with Gasteiger partial charge in [-0.1, -0.05) is 34.1 Å². The van der Waals surface area contributed by atoms with Crippen molar-refractivity contribution in [3.05, 3.63) is 58.6 Å². The van der Waals surface area contributed by atoms with Crippen LogP contribution in [0.15, 0.2) is 57.9 Å². The molecular formula is C16H16BrNO4S. The fourth-order valence-corrected chi connectivity index (χ4v) is 3.80. The summed E-state index contributed by atoms with van der Waals surface area (Å²) < 4.78 is 32.4. The monoisotopic (exact) mass is 397 g/mol. The first-order valence-corrected chi connectivity index (χ1v) is 9.00. The third-order valence-electron chi connectivity index (χ3n) is 3.29. The zero-order valence-electron chi connectivity index (χ0n) is 12.7. The van der Waals surface area contributed by atoms with E-state index in [9.17, 15) is 13.2 Å². The van der Waals surface area contributed by atoms with Gasteiger partial charge in [0.25, 0.3) is 10.0 Å². The van der Waals surface area contributed by atoms with Crippen molar-refractivity contribution in [3.63, 3.8) is 0 Å². The van der Waals surface area contributed by atoms with Gasteiger partial charge in [-0.2, -0.15) is 0 Å². The molecule has 0 saturated carbocycles. The molecule has 0 spiro atoms. The van der Waals surface area contributed by atoms with E-state index in [1.54, 1.807) is 43.3 Å². The van der Waals surface area contributed by atoms with Crippen LogP contribution in [0.25, 0.3) is 0 Å². The summed E-state index contributed by atoms with van der Waals surface area (Å²) in [5, 5.41) is 0. The maximum absolute atomic E-state index is 13.0. The Hall–Kier alpha value is -1.86. The Bertz CT molecular complexity index is 803. The molecule has 0 saturated heterocycles. The molecule has 0 bridgehead atoms. The smallest absolute Gasteiger partial charge is 0.326 e. The Morgan fingerprint density at radius 3 is 2.30 bits per heavy atom. The highest BCUT2D eigenvalue weighted by Gasteiger charge is 2.28. The largest absolute Gasteiger partial charge is 0.468 e. The molecule has 5 nitrogen and oxygen atoms in total. The van der Waals surface area contributed by atoms with Crippen molar-refractivity contribution in [3.8, 4) is 0 Å². The lowest BCUT2D eigenvalue weighted by molar-refractivity contribution is -0.138. The summed E-state index contributed by atoms with van der Waals surface area (Å²) in [7, 11) is -2.66. The molecular weight excluding hydrogens is 382 g/mol. The summed E-state index contributed by atoms with van der Waals surface area (Å²) in [6.45, 7) is 1.40. The van der Waals surface area contributed by atoms with Crippen LogP contribution in [0, 0.1) is 6.92 Å². The third-order valence-corrected chi connectivity index (χ3v) is 5.59. The van der Waals surface area contributed by atoms with Crippen LogP contribution in [0.5, 0.6) is 0 Å². The highest BCUT2D eigenvalue weighted by Crippen LogP contribution is 2.27. The summed E-state index contributed by atoms with van der Waals surface area (Å²) in [4.78, 5) is 11.8. The van der Waals surface area contributed by atoms with Gasteiger partial charge in [-0.3, -0.25) is 9.10 Å². The summed E-state index contributed by atoms with van der Waals surface area (Å²) >= 11 is 3.27. The number of halogens is 1. The number of para-hydroxylation sites is 1. The number of methoxy groups -OCH3 is 1. The van der Waals surface area contributed by atoms with E-state index in [0.29, 0.717) is 5.69 Å². The standard InChI is InChI=1S/C16H16BrNO4S/c1-12-5-3-4-6-15(12)18(11-16(19)22-2)23(20,21)14-9-7-13(17)8-10-14/h3-10H,11H2,1-2H3. The topological polar surface area (TPSA) is 63.7 Å². The van der Waals surface area contributed by atoms with Crippen molar-refractivity contribution in [2.75, 3.05) is 18.0 Å². The molecule has 0 heterocycles. The molecule has 0 aliphatic rings. The van der Waals surface area contributed by atoms with Gasteiger partial charge in [0.2, 0.25) is 0 Å². The average molecular weight is 398 g/mol. The van der Waals surface area contributed by atoms with Gasteiger partial charge in [0.05, 0.1) is 17.7 Å². The second-order valence-corrected chi connectivity index (χ2v) is 7.61. The van der Waals surface area contributed by atoms with Crippen LogP contribution in [0.2, 0.25) is 0 Å². The van der Waals surface area contributed by atoms with E-state index < -0.39 is 16.0 Å². The molecule has 2 aromatic rings. The first-order valence-electron chi connectivity index (χ1n) is 6.77. The number of hydrogen-bond acceptors (Lipinski definition) is 4. The van der Waals surface area contributed by atoms with Crippen molar-refractivity contribution >= 4 is 37.6 Å². The second-order valence-electron chi connectivity index (χ2n) is 4.83. The maximum atomic E-state index is 13.0. The van der Waals surface area contributed by atoms with E-state index in [1.807, 2.05) is 0 Å². The van der Waals surface area contributed by atoms with E-state index in [-0.39, 0.29) is 11.4 Å². The molecule has 122 valence electrons. The van der Waals surface area contributed by atoms with Crippen LogP contribution in [0.4, 0.5) is 5.69 Å². The number of rotatable bonds is 5. The summed E-state index contributed by atoms with van der Waals surface area (Å²) in [5.41, 5.74) is 1.19. The van der Waals surface area contributed by atoms with Gasteiger partial charge in [-0.25, -0.2) is 8.42 Å². The van der Waals surface area contributed by atoms with Gasteiger partial charge in [0.15, 0.2) is 0 Å². The lowest BCUT2D eigenvalue weighted by Crippen LogP contribution is -2.36. The molecule has 2 aromatic carbocycles. The lowest BCUT2D eigenvalue weighted by atomic mass is 10.2. The number of nitrogens with zero attached hydrogens (tertiary/aromatic N) is 1. The highest BCUT2D eigenvalue weighted by atomic mass is 79.9. The lowest BCUT2D eigenvalue weighted by Gasteiger charge is -2.25. The van der Waals surface area contributed by atoms with E-state index >= 15 is 0 Å². The summed E-state index contributed by atoms with van der Waals surface area (Å²) in [5.74, 6) is -0.631. The van der Waals surface area contributed by atoms with Gasteiger partial charge < -0.3 is 4.74 Å². The van der Waals surface area contributed by atoms with E-state index in [4.69, 9.17) is 0 Å². The molecule has 0 N–H and O–H groups in total. The molecule has 0 aliphatic carbocycles. The van der Waals surface area contributed by atoms with Crippen molar-refractivity contribution in [1.82, 2.24) is 0 Å². The van der Waals surface area contributed by atoms with Crippen LogP contribution in [-0.2, 0) is 19.6 Å². The van der Waals surface area contributed by atoms with Gasteiger partial charge in [-0.15, -0.1) is 0 Å². The highest BCUT2D eigenvalue weighted by molar-refractivity contribution is 9.10. The van der Waals surface area contributed by atoms with Crippen molar-refractivity contribution < 1.29 is 17.9 Å². The first kappa shape index (κ1) is 17.5. The van der Waals surface area contributed by atoms with E-state index in [0.717, 1.165) is 14.3 Å². The van der Waals surface area contributed by atoms with Gasteiger partial charge in [0, 0.05) is 4.47 Å². The molecule has 0 fully saturated rings. The fraction of sp³-hybridized carbons (Fsp3) is 0.188. The van der Waals surface area contributed by atoms with Crippen LogP contribution in [-0.4, -0.2) is 28.0 Å². The Balaban J connectivity index is 2.54. The zero-order valence-corrected chi connectivity index (χ0v) is 15.1. The van der Waals surface area contributed by atoms with E-state index in [1.165, 1.54) is 19.2 Å². The number of carbonyl (C=O) groups is 1. The number of aryl methyl sites for hydroxylation is 1. The predicted molar refractivity (Wildman–Crippen MR) is 91.9 cm³/mol. The molecule has 0 aromatic heterocycles. The number of esters is 1. The number of anilines is 1. The Morgan fingerprint density at radius 1 is 1.13 bits per heavy atom. The zero-order chi connectivity index (χ0) is 17.0. The quantitative estimate of drug-likeness (QED) is 0.726. The molecule has 0 atom stereocenters. The van der Waals surface area contributed by atoms with Crippen LogP contribution in [0.3, 0.4) is 0 Å². The third kappa shape index (κ3) is 3.92. The number of ether oxygens (including phenoxy) is 1. The first-order chi connectivity index (χ1) is 10.9. The molecule has 0 unspecified atom stereocenters. The minimum Gasteiger partial charge on any atom is -0.468 e. The van der Waals surface area contributed by atoms with Crippen LogP contribution < -0.4 is 4.31 Å². The normalized spacial score (nSPS) is 11.1. The summed E-state index contributed by atoms with van der Waals surface area (Å²) in [6, 6.07) is 13.2. The van der Waals surface area contributed by atoms with Crippen LogP contribution in [0.1, 0.15) is 5.56 Å². The van der Waals surface area contributed by atoms with Crippen LogP contribution >= 0.6 is 15.9 Å². The molecule has 0 radical (unpaired) electrons. The van der Waals surface area contributed by atoms with Gasteiger partial charge in [0.1, 0.15) is 6.54 Å². The average Bonchev–Trinajstić information content (AvgIpc) is 2.53. The minimum atomic E-state index is -3.89. The molecule has 2 rings (SSSR count). The van der Waals surface area contributed by atoms with E-state index in [2.05, 4.69) is 20.7 Å². The number of sulfonamides is 1. The Morgan fingerprint density at radius 2 is 1.74 bits per heavy atom. The maximum Gasteiger partial charge on any atom is 0.326 e. The Kier molecular flexibility index (Phi) is 5.43. The minimum absolute atomic E-state index is 0.104. The Labute approximate surface area is 144 Å². The van der Waals surface area contributed by atoms with Crippen molar-refractivity contribution in [2.45, 2.75) is 11.8 Å². The number of carbonyl (C=O) groups excluding carboxylic acids is 1. The van der Waals surface area contributed by atoms with Crippen molar-refractivity contribution in [2.24, 2.45) is 0 Å². The molecule has 0 aliphatic heterocycles. The molecule has 7 heteroatoms. The van der Waals surface area contributed by atoms with Gasteiger partial charge >= 0.3 is 5.97 Å². The molecule has 0 amide bonds. The fourth-order valence-electron chi connectivity index (χ4n) is 2.06. The van der Waals surface area contributed by atoms with Gasteiger partial charge in [-0.05, 0) is 42.8 Å². The second kappa shape index (κ2) is 7.14. The van der Waals surface area contributed by atoms with Crippen molar-refractivity contribution in [1.29, 1.82) is 0 Å². The number of hydrogen-bond donors (Lipinski definition) is 0. The number of benzene rings is 2. The SMILES string of the molecule is COC(=O)CN(c1ccccc1C)S(=O)(=O)c1ccc(Br)cc1. The summed E-state index contributed by atoms with van der Waals surface area (Å²) in [6.07, 6.45) is 0. The predicted octanol–water partition coefficient (Wildman–Crippen LogP) is 3.13.